The number of anilines is 2. The zero-order chi connectivity index (χ0) is 14.4. The maximum Gasteiger partial charge on any atom is 0.0836 e. The molecule has 19 heavy (non-hydrogen) atoms. The third kappa shape index (κ3) is 2.82. The summed E-state index contributed by atoms with van der Waals surface area (Å²) in [6.07, 6.45) is 0.961. The third-order valence-corrected chi connectivity index (χ3v) is 4.10. The topological polar surface area (TPSA) is 38.5 Å². The predicted octanol–water partition coefficient (Wildman–Crippen LogP) is 3.70. The Bertz CT molecular complexity index is 485. The van der Waals surface area contributed by atoms with Gasteiger partial charge in [-0.25, -0.2) is 0 Å². The highest BCUT2D eigenvalue weighted by Crippen LogP contribution is 2.42. The fourth-order valence-electron chi connectivity index (χ4n) is 3.13. The first-order chi connectivity index (χ1) is 8.62. The van der Waals surface area contributed by atoms with E-state index in [2.05, 4.69) is 39.6 Å². The largest absolute Gasteiger partial charge is 0.397 e. The molecule has 1 saturated heterocycles. The molecule has 1 fully saturated rings. The van der Waals surface area contributed by atoms with E-state index in [0.717, 1.165) is 17.8 Å². The van der Waals surface area contributed by atoms with Gasteiger partial charge in [0.25, 0.3) is 0 Å². The predicted molar refractivity (Wildman–Crippen MR) is 81.9 cm³/mol. The quantitative estimate of drug-likeness (QED) is 0.841. The lowest BCUT2D eigenvalue weighted by Gasteiger charge is -2.35. The van der Waals surface area contributed by atoms with Crippen LogP contribution in [-0.4, -0.2) is 24.3 Å². The highest BCUT2D eigenvalue weighted by Gasteiger charge is 2.47. The molecule has 0 aromatic heterocycles. The van der Waals surface area contributed by atoms with Crippen LogP contribution >= 0.6 is 11.6 Å². The van der Waals surface area contributed by atoms with Crippen LogP contribution in [0.4, 0.5) is 11.4 Å². The first-order valence-corrected chi connectivity index (χ1v) is 6.98. The Labute approximate surface area is 120 Å². The number of hydrogen-bond donors (Lipinski definition) is 1. The van der Waals surface area contributed by atoms with Crippen LogP contribution in [0.1, 0.15) is 34.1 Å². The van der Waals surface area contributed by atoms with Gasteiger partial charge in [-0.3, -0.25) is 0 Å². The summed E-state index contributed by atoms with van der Waals surface area (Å²) in [5.74, 6) is 0. The maximum atomic E-state index is 6.15. The van der Waals surface area contributed by atoms with Gasteiger partial charge in [0.2, 0.25) is 0 Å². The average Bonchev–Trinajstić information content (AvgIpc) is 2.49. The number of nitrogen functional groups attached to an aromatic ring is 1. The van der Waals surface area contributed by atoms with Crippen LogP contribution in [0.3, 0.4) is 0 Å². The Morgan fingerprint density at radius 3 is 2.47 bits per heavy atom. The molecular weight excluding hydrogens is 260 g/mol. The molecule has 0 spiro atoms. The fraction of sp³-hybridized carbons (Fsp3) is 0.600. The number of benzene rings is 1. The summed E-state index contributed by atoms with van der Waals surface area (Å²) in [6.45, 7) is 8.52. The van der Waals surface area contributed by atoms with Crippen molar-refractivity contribution in [2.24, 2.45) is 0 Å². The Morgan fingerprint density at radius 2 is 1.95 bits per heavy atom. The molecular formula is C15H23ClN2O. The Hall–Kier alpha value is -0.930. The molecule has 1 atom stereocenters. The lowest BCUT2D eigenvalue weighted by atomic mass is 9.93. The number of nitrogens with zero attached hydrogens (tertiary/aromatic N) is 1. The second-order valence-electron chi connectivity index (χ2n) is 6.50. The van der Waals surface area contributed by atoms with Gasteiger partial charge in [0, 0.05) is 12.1 Å². The van der Waals surface area contributed by atoms with E-state index in [1.54, 1.807) is 0 Å². The van der Waals surface area contributed by atoms with E-state index in [0.29, 0.717) is 5.02 Å². The molecule has 0 radical (unpaired) electrons. The van der Waals surface area contributed by atoms with Gasteiger partial charge < -0.3 is 15.4 Å². The smallest absolute Gasteiger partial charge is 0.0836 e. The van der Waals surface area contributed by atoms with Crippen LogP contribution in [0, 0.1) is 0 Å². The normalized spacial score (nSPS) is 24.4. The molecule has 2 rings (SSSR count). The molecule has 1 unspecified atom stereocenters. The zero-order valence-corrected chi connectivity index (χ0v) is 13.1. The number of hydrogen-bond acceptors (Lipinski definition) is 3. The lowest BCUT2D eigenvalue weighted by molar-refractivity contribution is -0.0676. The molecule has 0 saturated carbocycles. The summed E-state index contributed by atoms with van der Waals surface area (Å²) in [7, 11) is 2.05. The third-order valence-electron chi connectivity index (χ3n) is 3.87. The van der Waals surface area contributed by atoms with Crippen molar-refractivity contribution in [3.05, 3.63) is 23.2 Å². The molecule has 1 aromatic carbocycles. The first kappa shape index (κ1) is 14.5. The Morgan fingerprint density at radius 1 is 1.32 bits per heavy atom. The van der Waals surface area contributed by atoms with Gasteiger partial charge in [0.05, 0.1) is 28.6 Å². The molecule has 1 aliphatic heterocycles. The summed E-state index contributed by atoms with van der Waals surface area (Å²) in [6, 6.07) is 5.85. The molecule has 0 amide bonds. The highest BCUT2D eigenvalue weighted by molar-refractivity contribution is 6.31. The Kier molecular flexibility index (Phi) is 3.48. The van der Waals surface area contributed by atoms with Crippen LogP contribution in [0.15, 0.2) is 18.2 Å². The molecule has 4 heteroatoms. The average molecular weight is 283 g/mol. The second kappa shape index (κ2) is 4.57. The number of nitrogens with two attached hydrogens (primary N) is 1. The second-order valence-corrected chi connectivity index (χ2v) is 6.94. The highest BCUT2D eigenvalue weighted by atomic mass is 35.5. The van der Waals surface area contributed by atoms with Gasteiger partial charge >= 0.3 is 0 Å². The number of ether oxygens (including phenoxy) is 1. The minimum Gasteiger partial charge on any atom is -0.397 e. The van der Waals surface area contributed by atoms with Crippen LogP contribution in [-0.2, 0) is 4.74 Å². The molecule has 2 N–H and O–H groups in total. The lowest BCUT2D eigenvalue weighted by Crippen LogP contribution is -2.44. The standard InChI is InChI=1S/C15H23ClN2O/c1-14(2)9-13(15(3,4)19-14)18(5)12-8-10(16)6-7-11(12)17/h6-8,13H,9,17H2,1-5H3. The zero-order valence-electron chi connectivity index (χ0n) is 12.3. The molecule has 1 heterocycles. The van der Waals surface area contributed by atoms with Gasteiger partial charge in [-0.15, -0.1) is 0 Å². The van der Waals surface area contributed by atoms with Crippen molar-refractivity contribution in [2.45, 2.75) is 51.4 Å². The van der Waals surface area contributed by atoms with Gasteiger partial charge in [-0.1, -0.05) is 11.6 Å². The van der Waals surface area contributed by atoms with E-state index in [-0.39, 0.29) is 17.2 Å². The van der Waals surface area contributed by atoms with Crippen molar-refractivity contribution in [1.82, 2.24) is 0 Å². The minimum absolute atomic E-state index is 0.115. The van der Waals surface area contributed by atoms with Gasteiger partial charge in [-0.05, 0) is 52.3 Å². The van der Waals surface area contributed by atoms with E-state index in [1.165, 1.54) is 0 Å². The van der Waals surface area contributed by atoms with Crippen molar-refractivity contribution in [3.8, 4) is 0 Å². The van der Waals surface area contributed by atoms with Crippen molar-refractivity contribution in [1.29, 1.82) is 0 Å². The van der Waals surface area contributed by atoms with E-state index in [4.69, 9.17) is 22.1 Å². The van der Waals surface area contributed by atoms with Crippen LogP contribution < -0.4 is 10.6 Å². The van der Waals surface area contributed by atoms with Crippen molar-refractivity contribution >= 4 is 23.0 Å². The fourth-order valence-corrected chi connectivity index (χ4v) is 3.29. The minimum atomic E-state index is -0.215. The number of rotatable bonds is 2. The van der Waals surface area contributed by atoms with E-state index < -0.39 is 0 Å². The SMILES string of the molecule is CN(c1cc(Cl)ccc1N)C1CC(C)(C)OC1(C)C. The first-order valence-electron chi connectivity index (χ1n) is 6.60. The van der Waals surface area contributed by atoms with Gasteiger partial charge in [0.15, 0.2) is 0 Å². The molecule has 1 aromatic rings. The number of halogens is 1. The van der Waals surface area contributed by atoms with Crippen LogP contribution in [0.5, 0.6) is 0 Å². The molecule has 106 valence electrons. The van der Waals surface area contributed by atoms with Crippen LogP contribution in [0.25, 0.3) is 0 Å². The molecule has 3 nitrogen and oxygen atoms in total. The maximum absolute atomic E-state index is 6.15. The van der Waals surface area contributed by atoms with Crippen molar-refractivity contribution in [3.63, 3.8) is 0 Å². The molecule has 1 aliphatic rings. The van der Waals surface area contributed by atoms with E-state index in [1.807, 2.05) is 18.2 Å². The van der Waals surface area contributed by atoms with E-state index in [9.17, 15) is 0 Å². The van der Waals surface area contributed by atoms with Crippen molar-refractivity contribution in [2.75, 3.05) is 17.7 Å². The van der Waals surface area contributed by atoms with E-state index >= 15 is 0 Å². The van der Waals surface area contributed by atoms with Gasteiger partial charge in [0.1, 0.15) is 0 Å². The summed E-state index contributed by atoms with van der Waals surface area (Å²) < 4.78 is 6.15. The Balaban J connectivity index is 2.34. The van der Waals surface area contributed by atoms with Crippen molar-refractivity contribution < 1.29 is 4.74 Å². The monoisotopic (exact) mass is 282 g/mol. The summed E-state index contributed by atoms with van der Waals surface area (Å²) in [4.78, 5) is 2.19. The van der Waals surface area contributed by atoms with Gasteiger partial charge in [-0.2, -0.15) is 0 Å². The summed E-state index contributed by atoms with van der Waals surface area (Å²) in [5.41, 5.74) is 7.45. The summed E-state index contributed by atoms with van der Waals surface area (Å²) in [5, 5.41) is 0.701. The molecule has 0 bridgehead atoms. The number of likely N-dealkylation sites (N-methyl/N-ethyl adjacent to an activating group) is 1. The summed E-state index contributed by atoms with van der Waals surface area (Å²) >= 11 is 6.08. The molecule has 0 aliphatic carbocycles. The van der Waals surface area contributed by atoms with Crippen LogP contribution in [0.2, 0.25) is 5.02 Å².